The zero-order chi connectivity index (χ0) is 20.0. The standard InChI is InChI=1S/C17H15Cl2F3N2O3/c1-24(5-6-26-13-4-2-3-12(18)8-13)16(25)11-7-14(19)15(23-9-11)27-10-17(20,21)22/h2-4,7-9H,5-6,10H2,1H3. The summed E-state index contributed by atoms with van der Waals surface area (Å²) in [6.45, 7) is -1.04. The van der Waals surface area contributed by atoms with E-state index in [0.29, 0.717) is 10.8 Å². The van der Waals surface area contributed by atoms with Crippen LogP contribution in [0.15, 0.2) is 36.5 Å². The molecule has 0 radical (unpaired) electrons. The molecule has 146 valence electrons. The molecule has 0 aliphatic carbocycles. The maximum Gasteiger partial charge on any atom is 0.422 e. The Morgan fingerprint density at radius 3 is 2.59 bits per heavy atom. The van der Waals surface area contributed by atoms with Crippen LogP contribution in [0.25, 0.3) is 0 Å². The van der Waals surface area contributed by atoms with Crippen LogP contribution in [0.2, 0.25) is 10.0 Å². The molecule has 0 aliphatic rings. The van der Waals surface area contributed by atoms with Crippen LogP contribution in [0.4, 0.5) is 13.2 Å². The first-order valence-corrected chi connectivity index (χ1v) is 8.40. The largest absolute Gasteiger partial charge is 0.492 e. The van der Waals surface area contributed by atoms with Crippen LogP contribution in [0.3, 0.4) is 0 Å². The Balaban J connectivity index is 1.91. The molecule has 2 aromatic rings. The normalized spacial score (nSPS) is 11.2. The van der Waals surface area contributed by atoms with Gasteiger partial charge in [-0.3, -0.25) is 4.79 Å². The van der Waals surface area contributed by atoms with E-state index in [1.807, 2.05) is 0 Å². The minimum atomic E-state index is -4.51. The number of carbonyl (C=O) groups excluding carboxylic acids is 1. The number of pyridine rings is 1. The van der Waals surface area contributed by atoms with E-state index < -0.39 is 24.6 Å². The Hall–Kier alpha value is -2.19. The van der Waals surface area contributed by atoms with Crippen LogP contribution in [-0.2, 0) is 0 Å². The van der Waals surface area contributed by atoms with Crippen LogP contribution in [0.1, 0.15) is 10.4 Å². The number of aromatic nitrogens is 1. The van der Waals surface area contributed by atoms with Gasteiger partial charge >= 0.3 is 6.18 Å². The highest BCUT2D eigenvalue weighted by molar-refractivity contribution is 6.32. The van der Waals surface area contributed by atoms with Crippen molar-refractivity contribution in [2.75, 3.05) is 26.8 Å². The number of amides is 1. The highest BCUT2D eigenvalue weighted by Gasteiger charge is 2.29. The van der Waals surface area contributed by atoms with Crippen molar-refractivity contribution in [1.29, 1.82) is 0 Å². The molecule has 0 bridgehead atoms. The molecule has 0 atom stereocenters. The first-order chi connectivity index (χ1) is 12.7. The van der Waals surface area contributed by atoms with Gasteiger partial charge in [0.1, 0.15) is 17.4 Å². The molecule has 0 saturated carbocycles. The number of carbonyl (C=O) groups is 1. The van der Waals surface area contributed by atoms with Gasteiger partial charge in [-0.2, -0.15) is 13.2 Å². The number of halogens is 5. The highest BCUT2D eigenvalue weighted by atomic mass is 35.5. The summed E-state index contributed by atoms with van der Waals surface area (Å²) in [5.41, 5.74) is 0.115. The van der Waals surface area contributed by atoms with Gasteiger partial charge in [0, 0.05) is 18.3 Å². The third kappa shape index (κ3) is 6.80. The van der Waals surface area contributed by atoms with Crippen molar-refractivity contribution in [2.45, 2.75) is 6.18 Å². The van der Waals surface area contributed by atoms with Crippen LogP contribution >= 0.6 is 23.2 Å². The molecule has 0 fully saturated rings. The second kappa shape index (κ2) is 9.14. The Bertz CT molecular complexity index is 803. The van der Waals surface area contributed by atoms with Crippen molar-refractivity contribution in [3.8, 4) is 11.6 Å². The summed E-state index contributed by atoms with van der Waals surface area (Å²) in [6, 6.07) is 8.03. The van der Waals surface area contributed by atoms with E-state index in [2.05, 4.69) is 9.72 Å². The number of hydrogen-bond donors (Lipinski definition) is 0. The van der Waals surface area contributed by atoms with Crippen LogP contribution in [0.5, 0.6) is 11.6 Å². The number of likely N-dealkylation sites (N-methyl/N-ethyl adjacent to an activating group) is 1. The molecule has 10 heteroatoms. The summed E-state index contributed by atoms with van der Waals surface area (Å²) in [5, 5.41) is 0.346. The van der Waals surface area contributed by atoms with Crippen LogP contribution in [0, 0.1) is 0 Å². The molecule has 2 rings (SSSR count). The molecular formula is C17H15Cl2F3N2O3. The summed E-state index contributed by atoms with van der Waals surface area (Å²) in [5.74, 6) is -0.238. The molecule has 0 spiro atoms. The maximum atomic E-state index is 12.4. The van der Waals surface area contributed by atoms with E-state index in [9.17, 15) is 18.0 Å². The lowest BCUT2D eigenvalue weighted by Crippen LogP contribution is -2.31. The van der Waals surface area contributed by atoms with Gasteiger partial charge < -0.3 is 14.4 Å². The Labute approximate surface area is 163 Å². The first-order valence-electron chi connectivity index (χ1n) is 7.64. The SMILES string of the molecule is CN(CCOc1cccc(Cl)c1)C(=O)c1cnc(OCC(F)(F)F)c(Cl)c1. The second-order valence-corrected chi connectivity index (χ2v) is 6.29. The zero-order valence-electron chi connectivity index (χ0n) is 14.1. The third-order valence-corrected chi connectivity index (χ3v) is 3.77. The fourth-order valence-corrected chi connectivity index (χ4v) is 2.38. The molecule has 1 heterocycles. The van der Waals surface area contributed by atoms with E-state index in [-0.39, 0.29) is 23.7 Å². The summed E-state index contributed by atoms with van der Waals surface area (Å²) >= 11 is 11.7. The lowest BCUT2D eigenvalue weighted by atomic mass is 10.2. The maximum absolute atomic E-state index is 12.4. The molecule has 0 saturated heterocycles. The van der Waals surface area contributed by atoms with E-state index >= 15 is 0 Å². The molecule has 0 unspecified atom stereocenters. The van der Waals surface area contributed by atoms with Gasteiger partial charge in [-0.1, -0.05) is 29.3 Å². The third-order valence-electron chi connectivity index (χ3n) is 3.27. The molecule has 0 aliphatic heterocycles. The molecule has 1 aromatic carbocycles. The molecule has 1 aromatic heterocycles. The number of alkyl halides is 3. The van der Waals surface area contributed by atoms with Crippen molar-refractivity contribution >= 4 is 29.1 Å². The molecule has 27 heavy (non-hydrogen) atoms. The number of ether oxygens (including phenoxy) is 2. The first kappa shape index (κ1) is 21.1. The molecular weight excluding hydrogens is 408 g/mol. The fraction of sp³-hybridized carbons (Fsp3) is 0.294. The van der Waals surface area contributed by atoms with Crippen molar-refractivity contribution < 1.29 is 27.4 Å². The van der Waals surface area contributed by atoms with Gasteiger partial charge in [0.05, 0.1) is 12.1 Å². The van der Waals surface area contributed by atoms with Gasteiger partial charge in [-0.15, -0.1) is 0 Å². The fourth-order valence-electron chi connectivity index (χ4n) is 1.98. The van der Waals surface area contributed by atoms with Gasteiger partial charge in [0.25, 0.3) is 5.91 Å². The van der Waals surface area contributed by atoms with E-state index in [1.165, 1.54) is 11.0 Å². The van der Waals surface area contributed by atoms with Crippen molar-refractivity contribution in [3.63, 3.8) is 0 Å². The lowest BCUT2D eigenvalue weighted by molar-refractivity contribution is -0.154. The average molecular weight is 423 g/mol. The number of hydrogen-bond acceptors (Lipinski definition) is 4. The van der Waals surface area contributed by atoms with Gasteiger partial charge in [0.15, 0.2) is 6.61 Å². The minimum Gasteiger partial charge on any atom is -0.492 e. The zero-order valence-corrected chi connectivity index (χ0v) is 15.6. The van der Waals surface area contributed by atoms with Crippen molar-refractivity contribution in [3.05, 3.63) is 52.1 Å². The summed E-state index contributed by atoms with van der Waals surface area (Å²) in [4.78, 5) is 17.4. The monoisotopic (exact) mass is 422 g/mol. The highest BCUT2D eigenvalue weighted by Crippen LogP contribution is 2.25. The van der Waals surface area contributed by atoms with E-state index in [1.54, 1.807) is 31.3 Å². The van der Waals surface area contributed by atoms with Gasteiger partial charge in [0.2, 0.25) is 5.88 Å². The van der Waals surface area contributed by atoms with Crippen LogP contribution in [-0.4, -0.2) is 48.8 Å². The Morgan fingerprint density at radius 2 is 1.96 bits per heavy atom. The Morgan fingerprint density at radius 1 is 1.22 bits per heavy atom. The van der Waals surface area contributed by atoms with Crippen LogP contribution < -0.4 is 9.47 Å². The Kier molecular flexibility index (Phi) is 7.15. The minimum absolute atomic E-state index is 0.115. The molecule has 0 N–H and O–H groups in total. The van der Waals surface area contributed by atoms with E-state index in [0.717, 1.165) is 6.20 Å². The predicted octanol–water partition coefficient (Wildman–Crippen LogP) is 4.48. The number of nitrogens with zero attached hydrogens (tertiary/aromatic N) is 2. The quantitative estimate of drug-likeness (QED) is 0.659. The second-order valence-electron chi connectivity index (χ2n) is 5.45. The van der Waals surface area contributed by atoms with Crippen molar-refractivity contribution in [2.24, 2.45) is 0 Å². The lowest BCUT2D eigenvalue weighted by Gasteiger charge is -2.18. The average Bonchev–Trinajstić information content (AvgIpc) is 2.59. The van der Waals surface area contributed by atoms with Gasteiger partial charge in [-0.05, 0) is 24.3 Å². The van der Waals surface area contributed by atoms with Crippen molar-refractivity contribution in [1.82, 2.24) is 9.88 Å². The summed E-state index contributed by atoms with van der Waals surface area (Å²) in [6.07, 6.45) is -3.41. The number of rotatable bonds is 7. The topological polar surface area (TPSA) is 51.7 Å². The predicted molar refractivity (Wildman–Crippen MR) is 94.7 cm³/mol. The molecule has 5 nitrogen and oxygen atoms in total. The summed E-state index contributed by atoms with van der Waals surface area (Å²) in [7, 11) is 1.55. The number of benzene rings is 1. The molecule has 1 amide bonds. The van der Waals surface area contributed by atoms with Gasteiger partial charge in [-0.25, -0.2) is 4.98 Å². The summed E-state index contributed by atoms with van der Waals surface area (Å²) < 4.78 is 46.5. The smallest absolute Gasteiger partial charge is 0.422 e. The van der Waals surface area contributed by atoms with E-state index in [4.69, 9.17) is 27.9 Å².